The van der Waals surface area contributed by atoms with Gasteiger partial charge in [0.15, 0.2) is 5.76 Å². The highest BCUT2D eigenvalue weighted by Crippen LogP contribution is 2.33. The number of hydrogen-bond acceptors (Lipinski definition) is 4. The van der Waals surface area contributed by atoms with Crippen molar-refractivity contribution in [2.75, 3.05) is 7.11 Å². The van der Waals surface area contributed by atoms with Crippen molar-refractivity contribution in [1.82, 2.24) is 5.32 Å². The number of amides is 1. The highest BCUT2D eigenvalue weighted by atomic mass is 19.3. The summed E-state index contributed by atoms with van der Waals surface area (Å²) in [4.78, 5) is 23.3. The van der Waals surface area contributed by atoms with Crippen LogP contribution < -0.4 is 15.5 Å². The van der Waals surface area contributed by atoms with Gasteiger partial charge in [-0.2, -0.15) is 0 Å². The van der Waals surface area contributed by atoms with Crippen LogP contribution in [-0.4, -0.2) is 25.0 Å². The zero-order valence-corrected chi connectivity index (χ0v) is 10.9. The first kappa shape index (κ1) is 14.5. The van der Waals surface area contributed by atoms with Gasteiger partial charge in [-0.25, -0.2) is 8.78 Å². The Labute approximate surface area is 113 Å². The minimum absolute atomic E-state index is 0.00106. The highest BCUT2D eigenvalue weighted by Gasteiger charge is 2.35. The van der Waals surface area contributed by atoms with Crippen molar-refractivity contribution in [3.05, 3.63) is 28.3 Å². The van der Waals surface area contributed by atoms with Crippen molar-refractivity contribution >= 4 is 5.91 Å². The van der Waals surface area contributed by atoms with Crippen LogP contribution in [0.2, 0.25) is 0 Å². The van der Waals surface area contributed by atoms with Crippen LogP contribution in [-0.2, 0) is 0 Å². The maximum absolute atomic E-state index is 13.0. The van der Waals surface area contributed by atoms with Gasteiger partial charge in [0, 0.05) is 24.9 Å². The van der Waals surface area contributed by atoms with Crippen LogP contribution in [0.25, 0.3) is 0 Å². The van der Waals surface area contributed by atoms with E-state index in [4.69, 9.17) is 9.15 Å². The second kappa shape index (κ2) is 5.60. The van der Waals surface area contributed by atoms with Crippen LogP contribution in [0, 0.1) is 0 Å². The largest absolute Gasteiger partial charge is 0.490 e. The molecule has 110 valence electrons. The molecule has 0 aromatic carbocycles. The van der Waals surface area contributed by atoms with Gasteiger partial charge in [-0.05, 0) is 12.8 Å². The number of rotatable bonds is 3. The second-order valence-electron chi connectivity index (χ2n) is 4.78. The molecule has 1 heterocycles. The lowest BCUT2D eigenvalue weighted by molar-refractivity contribution is -0.0399. The molecule has 2 rings (SSSR count). The molecule has 0 saturated heterocycles. The third-order valence-electron chi connectivity index (χ3n) is 3.29. The summed E-state index contributed by atoms with van der Waals surface area (Å²) >= 11 is 0. The summed E-state index contributed by atoms with van der Waals surface area (Å²) in [6, 6.07) is 0.695. The molecular formula is C13H15F2NO4. The molecule has 0 atom stereocenters. The van der Waals surface area contributed by atoms with Gasteiger partial charge >= 0.3 is 0 Å². The van der Waals surface area contributed by atoms with Crippen molar-refractivity contribution in [3.8, 4) is 5.75 Å². The summed E-state index contributed by atoms with van der Waals surface area (Å²) in [6.45, 7) is 0. The van der Waals surface area contributed by atoms with Crippen molar-refractivity contribution < 1.29 is 22.7 Å². The lowest BCUT2D eigenvalue weighted by Crippen LogP contribution is -2.40. The number of methoxy groups -OCH3 is 1. The Bertz CT molecular complexity index is 546. The summed E-state index contributed by atoms with van der Waals surface area (Å²) in [5.41, 5.74) is -0.473. The Morgan fingerprint density at radius 2 is 2.10 bits per heavy atom. The van der Waals surface area contributed by atoms with Crippen LogP contribution in [0.1, 0.15) is 36.2 Å². The first-order valence-corrected chi connectivity index (χ1v) is 6.27. The molecule has 0 spiro atoms. The lowest BCUT2D eigenvalue weighted by Gasteiger charge is -2.28. The average Bonchev–Trinajstić information content (AvgIpc) is 2.41. The molecular weight excluding hydrogens is 272 g/mol. The minimum atomic E-state index is -2.64. The van der Waals surface area contributed by atoms with Crippen molar-refractivity contribution in [1.29, 1.82) is 0 Å². The molecule has 1 saturated carbocycles. The number of ether oxygens (including phenoxy) is 1. The number of alkyl halides is 2. The molecule has 1 aliphatic rings. The second-order valence-corrected chi connectivity index (χ2v) is 4.78. The van der Waals surface area contributed by atoms with Crippen LogP contribution in [0.15, 0.2) is 21.5 Å². The fourth-order valence-corrected chi connectivity index (χ4v) is 2.11. The van der Waals surface area contributed by atoms with E-state index < -0.39 is 17.3 Å². The predicted molar refractivity (Wildman–Crippen MR) is 66.2 cm³/mol. The van der Waals surface area contributed by atoms with E-state index in [1.54, 1.807) is 0 Å². The maximum atomic E-state index is 13.0. The van der Waals surface area contributed by atoms with Gasteiger partial charge in [0.1, 0.15) is 6.26 Å². The van der Waals surface area contributed by atoms with Gasteiger partial charge in [0.2, 0.25) is 17.1 Å². The minimum Gasteiger partial charge on any atom is -0.490 e. The molecule has 0 bridgehead atoms. The monoisotopic (exact) mass is 287 g/mol. The van der Waals surface area contributed by atoms with Crippen molar-refractivity contribution in [3.63, 3.8) is 0 Å². The predicted octanol–water partition coefficient (Wildman–Crippen LogP) is 1.96. The van der Waals surface area contributed by atoms with Gasteiger partial charge in [-0.3, -0.25) is 9.59 Å². The maximum Gasteiger partial charge on any atom is 0.287 e. The summed E-state index contributed by atoms with van der Waals surface area (Å²) < 4.78 is 35.7. The number of nitrogens with one attached hydrogen (secondary N) is 1. The average molecular weight is 287 g/mol. The molecule has 5 nitrogen and oxygen atoms in total. The van der Waals surface area contributed by atoms with E-state index in [1.807, 2.05) is 0 Å². The molecule has 20 heavy (non-hydrogen) atoms. The Hall–Kier alpha value is -1.92. The standard InChI is InChI=1S/C13H15F2NO4/c1-19-11-7-20-10(6-9(11)17)12(18)16-8-2-4-13(14,15)5-3-8/h6-8H,2-5H2,1H3,(H,16,18). The summed E-state index contributed by atoms with van der Waals surface area (Å²) in [7, 11) is 1.31. The first-order valence-electron chi connectivity index (χ1n) is 6.27. The Kier molecular flexibility index (Phi) is 4.06. The van der Waals surface area contributed by atoms with E-state index in [2.05, 4.69) is 5.32 Å². The fraction of sp³-hybridized carbons (Fsp3) is 0.538. The molecule has 0 radical (unpaired) electrons. The quantitative estimate of drug-likeness (QED) is 0.922. The number of carbonyl (C=O) groups is 1. The number of halogens is 2. The number of carbonyl (C=O) groups excluding carboxylic acids is 1. The van der Waals surface area contributed by atoms with E-state index in [9.17, 15) is 18.4 Å². The van der Waals surface area contributed by atoms with E-state index in [-0.39, 0.29) is 43.2 Å². The Balaban J connectivity index is 1.99. The molecule has 0 unspecified atom stereocenters. The van der Waals surface area contributed by atoms with Crippen LogP contribution >= 0.6 is 0 Å². The SMILES string of the molecule is COc1coc(C(=O)NC2CCC(F)(F)CC2)cc1=O. The van der Waals surface area contributed by atoms with Gasteiger partial charge in [-0.1, -0.05) is 0 Å². The summed E-state index contributed by atoms with van der Waals surface area (Å²) in [5, 5.41) is 2.59. The van der Waals surface area contributed by atoms with Gasteiger partial charge in [-0.15, -0.1) is 0 Å². The molecule has 0 aliphatic heterocycles. The van der Waals surface area contributed by atoms with Gasteiger partial charge in [0.25, 0.3) is 5.91 Å². The van der Waals surface area contributed by atoms with Crippen molar-refractivity contribution in [2.24, 2.45) is 0 Å². The van der Waals surface area contributed by atoms with Crippen LogP contribution in [0.3, 0.4) is 0 Å². The molecule has 1 aliphatic carbocycles. The molecule has 7 heteroatoms. The lowest BCUT2D eigenvalue weighted by atomic mass is 9.92. The first-order chi connectivity index (χ1) is 9.41. The van der Waals surface area contributed by atoms with E-state index in [0.29, 0.717) is 0 Å². The van der Waals surface area contributed by atoms with Gasteiger partial charge in [0.05, 0.1) is 7.11 Å². The van der Waals surface area contributed by atoms with Crippen LogP contribution in [0.4, 0.5) is 8.78 Å². The third kappa shape index (κ3) is 3.34. The van der Waals surface area contributed by atoms with Gasteiger partial charge < -0.3 is 14.5 Å². The topological polar surface area (TPSA) is 68.5 Å². The smallest absolute Gasteiger partial charge is 0.287 e. The third-order valence-corrected chi connectivity index (χ3v) is 3.29. The molecule has 1 fully saturated rings. The van der Waals surface area contributed by atoms with E-state index in [0.717, 1.165) is 12.3 Å². The summed E-state index contributed by atoms with van der Waals surface area (Å²) in [6.07, 6.45) is 0.972. The van der Waals surface area contributed by atoms with Crippen molar-refractivity contribution in [2.45, 2.75) is 37.6 Å². The van der Waals surface area contributed by atoms with Crippen LogP contribution in [0.5, 0.6) is 5.75 Å². The number of hydrogen-bond donors (Lipinski definition) is 1. The Morgan fingerprint density at radius 3 is 2.65 bits per heavy atom. The molecule has 1 aromatic rings. The Morgan fingerprint density at radius 1 is 1.45 bits per heavy atom. The molecule has 1 aromatic heterocycles. The van der Waals surface area contributed by atoms with E-state index in [1.165, 1.54) is 7.11 Å². The van der Waals surface area contributed by atoms with E-state index >= 15 is 0 Å². The fourth-order valence-electron chi connectivity index (χ4n) is 2.11. The zero-order chi connectivity index (χ0) is 14.8. The zero-order valence-electron chi connectivity index (χ0n) is 10.9. The molecule has 1 amide bonds. The highest BCUT2D eigenvalue weighted by molar-refractivity contribution is 5.91. The summed E-state index contributed by atoms with van der Waals surface area (Å²) in [5.74, 6) is -3.39. The normalized spacial score (nSPS) is 18.6. The molecule has 1 N–H and O–H groups in total.